The maximum atomic E-state index is 10.8. The third kappa shape index (κ3) is 4.97. The molecule has 2 rings (SSSR count). The first kappa shape index (κ1) is 14.6. The summed E-state index contributed by atoms with van der Waals surface area (Å²) in [4.78, 5) is 10.8. The van der Waals surface area contributed by atoms with Gasteiger partial charge >= 0.3 is 0 Å². The van der Waals surface area contributed by atoms with Crippen LogP contribution in [0.1, 0.15) is 70.6 Å². The Morgan fingerprint density at radius 1 is 1.00 bits per heavy atom. The fraction of sp³-hybridized carbons (Fsp3) is 0.722. The van der Waals surface area contributed by atoms with Crippen molar-refractivity contribution in [1.29, 1.82) is 0 Å². The molecule has 0 aliphatic heterocycles. The molecule has 0 heterocycles. The summed E-state index contributed by atoms with van der Waals surface area (Å²) in [6.07, 6.45) is 22.0. The summed E-state index contributed by atoms with van der Waals surface area (Å²) in [5.74, 6) is 1.67. The zero-order valence-corrected chi connectivity index (χ0v) is 12.2. The molecule has 106 valence electrons. The quantitative estimate of drug-likeness (QED) is 0.502. The predicted octanol–water partition coefficient (Wildman–Crippen LogP) is 5.22. The highest BCUT2D eigenvalue weighted by atomic mass is 16.1. The molecule has 2 aliphatic carbocycles. The van der Waals surface area contributed by atoms with Gasteiger partial charge in [-0.2, -0.15) is 0 Å². The zero-order valence-electron chi connectivity index (χ0n) is 12.2. The van der Waals surface area contributed by atoms with E-state index >= 15 is 0 Å². The van der Waals surface area contributed by atoms with Crippen molar-refractivity contribution < 1.29 is 4.79 Å². The van der Waals surface area contributed by atoms with Gasteiger partial charge in [0.2, 0.25) is 0 Å². The molecule has 0 aromatic carbocycles. The van der Waals surface area contributed by atoms with Crippen LogP contribution in [0.3, 0.4) is 0 Å². The SMILES string of the molecule is O=CC/C1=C/CCCCC(C2C/C=C\CCCC2)C1. The fourth-order valence-corrected chi connectivity index (χ4v) is 3.66. The standard InChI is InChI=1S/C18H28O/c19-14-13-16-9-5-4-8-12-18(15-16)17-10-6-2-1-3-7-11-17/h2,6,9,14,17-18H,1,3-5,7-8,10-13,15H2/b6-2-,16-9-. The van der Waals surface area contributed by atoms with Gasteiger partial charge in [0.05, 0.1) is 0 Å². The van der Waals surface area contributed by atoms with E-state index in [0.717, 1.165) is 18.1 Å². The zero-order chi connectivity index (χ0) is 13.3. The van der Waals surface area contributed by atoms with Gasteiger partial charge in [-0.25, -0.2) is 0 Å². The van der Waals surface area contributed by atoms with E-state index < -0.39 is 0 Å². The smallest absolute Gasteiger partial charge is 0.124 e. The van der Waals surface area contributed by atoms with E-state index in [1.807, 2.05) is 0 Å². The fourth-order valence-electron chi connectivity index (χ4n) is 3.66. The first-order chi connectivity index (χ1) is 9.40. The number of carbonyl (C=O) groups is 1. The Morgan fingerprint density at radius 2 is 1.79 bits per heavy atom. The molecule has 0 fully saturated rings. The maximum Gasteiger partial charge on any atom is 0.124 e. The molecule has 2 aliphatic rings. The van der Waals surface area contributed by atoms with Gasteiger partial charge in [0.15, 0.2) is 0 Å². The van der Waals surface area contributed by atoms with Crippen molar-refractivity contribution in [1.82, 2.24) is 0 Å². The lowest BCUT2D eigenvalue weighted by Gasteiger charge is -2.29. The summed E-state index contributed by atoms with van der Waals surface area (Å²) in [5.41, 5.74) is 1.41. The number of rotatable bonds is 3. The van der Waals surface area contributed by atoms with E-state index in [1.165, 1.54) is 69.8 Å². The van der Waals surface area contributed by atoms with Crippen LogP contribution in [0.15, 0.2) is 23.8 Å². The van der Waals surface area contributed by atoms with Gasteiger partial charge in [-0.3, -0.25) is 0 Å². The summed E-state index contributed by atoms with van der Waals surface area (Å²) in [6, 6.07) is 0. The van der Waals surface area contributed by atoms with Crippen molar-refractivity contribution in [3.05, 3.63) is 23.8 Å². The minimum Gasteiger partial charge on any atom is -0.303 e. The number of hydrogen-bond donors (Lipinski definition) is 0. The molecule has 0 aromatic heterocycles. The van der Waals surface area contributed by atoms with Crippen LogP contribution >= 0.6 is 0 Å². The summed E-state index contributed by atoms with van der Waals surface area (Å²) >= 11 is 0. The van der Waals surface area contributed by atoms with Crippen molar-refractivity contribution in [2.75, 3.05) is 0 Å². The molecule has 19 heavy (non-hydrogen) atoms. The Morgan fingerprint density at radius 3 is 2.63 bits per heavy atom. The van der Waals surface area contributed by atoms with E-state index in [4.69, 9.17) is 0 Å². The first-order valence-electron chi connectivity index (χ1n) is 8.16. The van der Waals surface area contributed by atoms with Crippen LogP contribution in [0.5, 0.6) is 0 Å². The molecule has 0 radical (unpaired) electrons. The molecule has 0 N–H and O–H groups in total. The van der Waals surface area contributed by atoms with Crippen LogP contribution in [0.2, 0.25) is 0 Å². The summed E-state index contributed by atoms with van der Waals surface area (Å²) in [5, 5.41) is 0. The maximum absolute atomic E-state index is 10.8. The second kappa shape index (κ2) is 8.35. The Balaban J connectivity index is 2.00. The Kier molecular flexibility index (Phi) is 6.39. The Labute approximate surface area is 118 Å². The van der Waals surface area contributed by atoms with Crippen LogP contribution in [-0.2, 0) is 4.79 Å². The summed E-state index contributed by atoms with van der Waals surface area (Å²) in [6.45, 7) is 0. The number of allylic oxidation sites excluding steroid dienone is 4. The van der Waals surface area contributed by atoms with Crippen molar-refractivity contribution in [2.45, 2.75) is 70.6 Å². The van der Waals surface area contributed by atoms with Crippen LogP contribution in [-0.4, -0.2) is 6.29 Å². The van der Waals surface area contributed by atoms with E-state index in [9.17, 15) is 4.79 Å². The highest BCUT2D eigenvalue weighted by Gasteiger charge is 2.22. The van der Waals surface area contributed by atoms with Crippen LogP contribution in [0.25, 0.3) is 0 Å². The molecule has 0 amide bonds. The van der Waals surface area contributed by atoms with Gasteiger partial charge in [0.1, 0.15) is 6.29 Å². The second-order valence-corrected chi connectivity index (χ2v) is 6.23. The summed E-state index contributed by atoms with van der Waals surface area (Å²) < 4.78 is 0. The van der Waals surface area contributed by atoms with Crippen LogP contribution < -0.4 is 0 Å². The molecule has 0 aromatic rings. The Hall–Kier alpha value is -0.850. The monoisotopic (exact) mass is 260 g/mol. The third-order valence-electron chi connectivity index (χ3n) is 4.80. The lowest BCUT2D eigenvalue weighted by Crippen LogP contribution is -2.17. The third-order valence-corrected chi connectivity index (χ3v) is 4.80. The molecule has 0 spiro atoms. The van der Waals surface area contributed by atoms with E-state index in [2.05, 4.69) is 18.2 Å². The molecule has 2 unspecified atom stereocenters. The average Bonchev–Trinajstić information content (AvgIpc) is 2.33. The van der Waals surface area contributed by atoms with Crippen molar-refractivity contribution in [3.8, 4) is 0 Å². The lowest BCUT2D eigenvalue weighted by molar-refractivity contribution is -0.107. The van der Waals surface area contributed by atoms with Crippen molar-refractivity contribution in [2.24, 2.45) is 11.8 Å². The average molecular weight is 260 g/mol. The predicted molar refractivity (Wildman–Crippen MR) is 81.1 cm³/mol. The van der Waals surface area contributed by atoms with Gasteiger partial charge in [-0.15, -0.1) is 0 Å². The van der Waals surface area contributed by atoms with Gasteiger partial charge in [-0.1, -0.05) is 36.6 Å². The van der Waals surface area contributed by atoms with E-state index in [1.54, 1.807) is 0 Å². The minimum atomic E-state index is 0.666. The lowest BCUT2D eigenvalue weighted by atomic mass is 9.76. The molecule has 0 saturated carbocycles. The molecule has 0 bridgehead atoms. The second-order valence-electron chi connectivity index (χ2n) is 6.23. The van der Waals surface area contributed by atoms with Crippen molar-refractivity contribution in [3.63, 3.8) is 0 Å². The largest absolute Gasteiger partial charge is 0.303 e. The molecular weight excluding hydrogens is 232 g/mol. The van der Waals surface area contributed by atoms with Crippen LogP contribution in [0.4, 0.5) is 0 Å². The topological polar surface area (TPSA) is 17.1 Å². The van der Waals surface area contributed by atoms with E-state index in [-0.39, 0.29) is 0 Å². The van der Waals surface area contributed by atoms with Gasteiger partial charge in [0, 0.05) is 6.42 Å². The van der Waals surface area contributed by atoms with Gasteiger partial charge in [0.25, 0.3) is 0 Å². The summed E-state index contributed by atoms with van der Waals surface area (Å²) in [7, 11) is 0. The first-order valence-corrected chi connectivity index (χ1v) is 8.16. The Bertz CT molecular complexity index is 327. The molecule has 1 nitrogen and oxygen atoms in total. The molecule has 2 atom stereocenters. The normalized spacial score (nSPS) is 34.0. The van der Waals surface area contributed by atoms with Crippen LogP contribution in [0, 0.1) is 11.8 Å². The van der Waals surface area contributed by atoms with Gasteiger partial charge < -0.3 is 4.79 Å². The highest BCUT2D eigenvalue weighted by molar-refractivity contribution is 5.54. The minimum absolute atomic E-state index is 0.666. The van der Waals surface area contributed by atoms with Crippen molar-refractivity contribution >= 4 is 6.29 Å². The number of aldehydes is 1. The number of hydrogen-bond acceptors (Lipinski definition) is 1. The number of carbonyl (C=O) groups excluding carboxylic acids is 1. The highest BCUT2D eigenvalue weighted by Crippen LogP contribution is 2.35. The molecular formula is C18H28O. The van der Waals surface area contributed by atoms with Gasteiger partial charge in [-0.05, 0) is 63.2 Å². The molecule has 1 heteroatoms. The van der Waals surface area contributed by atoms with E-state index in [0.29, 0.717) is 6.42 Å². The molecule has 0 saturated heterocycles.